The number of anilines is 1. The molecule has 0 spiro atoms. The summed E-state index contributed by atoms with van der Waals surface area (Å²) in [6.45, 7) is 2.91. The number of nitrogens with zero attached hydrogens (tertiary/aromatic N) is 4. The van der Waals surface area contributed by atoms with Gasteiger partial charge in [-0.05, 0) is 35.7 Å². The first-order valence-electron chi connectivity index (χ1n) is 6.09. The summed E-state index contributed by atoms with van der Waals surface area (Å²) in [5, 5.41) is 7.50. The van der Waals surface area contributed by atoms with E-state index < -0.39 is 0 Å². The number of rotatable bonds is 4. The zero-order chi connectivity index (χ0) is 12.5. The van der Waals surface area contributed by atoms with Gasteiger partial charge in [-0.25, -0.2) is 14.6 Å². The van der Waals surface area contributed by atoms with Gasteiger partial charge in [0.15, 0.2) is 5.82 Å². The Morgan fingerprint density at radius 1 is 1.44 bits per heavy atom. The van der Waals surface area contributed by atoms with Crippen LogP contribution >= 0.6 is 15.9 Å². The second-order valence-corrected chi connectivity index (χ2v) is 5.29. The van der Waals surface area contributed by atoms with Gasteiger partial charge in [-0.1, -0.05) is 0 Å². The van der Waals surface area contributed by atoms with Crippen LogP contribution in [0.5, 0.6) is 0 Å². The molecule has 0 unspecified atom stereocenters. The van der Waals surface area contributed by atoms with Crippen molar-refractivity contribution in [3.63, 3.8) is 0 Å². The molecule has 0 radical (unpaired) electrons. The van der Waals surface area contributed by atoms with Gasteiger partial charge in [-0.3, -0.25) is 0 Å². The fourth-order valence-electron chi connectivity index (χ4n) is 1.79. The van der Waals surface area contributed by atoms with Crippen LogP contribution in [0.4, 0.5) is 5.82 Å². The van der Waals surface area contributed by atoms with Crippen molar-refractivity contribution in [1.29, 1.82) is 0 Å². The number of halogens is 1. The van der Waals surface area contributed by atoms with Crippen molar-refractivity contribution in [2.45, 2.75) is 25.7 Å². The van der Waals surface area contributed by atoms with Crippen molar-refractivity contribution in [1.82, 2.24) is 19.7 Å². The Morgan fingerprint density at radius 2 is 2.28 bits per heavy atom. The first-order valence-corrected chi connectivity index (χ1v) is 6.89. The van der Waals surface area contributed by atoms with Crippen LogP contribution in [0, 0.1) is 0 Å². The lowest BCUT2D eigenvalue weighted by atomic mass is 10.3. The van der Waals surface area contributed by atoms with Gasteiger partial charge in [0, 0.05) is 24.7 Å². The third-order valence-electron chi connectivity index (χ3n) is 2.82. The van der Waals surface area contributed by atoms with Gasteiger partial charge >= 0.3 is 0 Å². The highest BCUT2D eigenvalue weighted by Gasteiger charge is 2.27. The summed E-state index contributed by atoms with van der Waals surface area (Å²) in [5.74, 6) is 3.14. The molecule has 0 aliphatic heterocycles. The molecule has 1 N–H and O–H groups in total. The summed E-state index contributed by atoms with van der Waals surface area (Å²) in [5.41, 5.74) is 0. The van der Waals surface area contributed by atoms with Crippen LogP contribution in [0.15, 0.2) is 22.9 Å². The van der Waals surface area contributed by atoms with Crippen molar-refractivity contribution >= 4 is 21.7 Å². The van der Waals surface area contributed by atoms with E-state index in [9.17, 15) is 0 Å². The third-order valence-corrected chi connectivity index (χ3v) is 3.23. The van der Waals surface area contributed by atoms with Crippen molar-refractivity contribution in [2.24, 2.45) is 0 Å². The monoisotopic (exact) mass is 307 g/mol. The van der Waals surface area contributed by atoms with Gasteiger partial charge in [0.25, 0.3) is 0 Å². The summed E-state index contributed by atoms with van der Waals surface area (Å²) >= 11 is 3.40. The Hall–Kier alpha value is -1.43. The molecular formula is C12H14BrN5. The van der Waals surface area contributed by atoms with Gasteiger partial charge in [-0.2, -0.15) is 5.10 Å². The molecule has 0 bridgehead atoms. The SMILES string of the molecule is CCNc1cc(-n2cc(Br)cn2)nc(C2CC2)n1. The fourth-order valence-corrected chi connectivity index (χ4v) is 2.08. The molecule has 0 atom stereocenters. The van der Waals surface area contributed by atoms with Crippen LogP contribution in [0.3, 0.4) is 0 Å². The van der Waals surface area contributed by atoms with E-state index in [2.05, 4.69) is 43.2 Å². The second kappa shape index (κ2) is 4.68. The number of hydrogen-bond acceptors (Lipinski definition) is 4. The highest BCUT2D eigenvalue weighted by atomic mass is 79.9. The van der Waals surface area contributed by atoms with E-state index in [1.165, 1.54) is 12.8 Å². The molecule has 0 aromatic carbocycles. The van der Waals surface area contributed by atoms with Crippen molar-refractivity contribution < 1.29 is 0 Å². The van der Waals surface area contributed by atoms with Crippen molar-refractivity contribution in [2.75, 3.05) is 11.9 Å². The first kappa shape index (κ1) is 11.6. The zero-order valence-corrected chi connectivity index (χ0v) is 11.7. The summed E-state index contributed by atoms with van der Waals surface area (Å²) in [6, 6.07) is 1.93. The van der Waals surface area contributed by atoms with E-state index in [1.807, 2.05) is 12.3 Å². The van der Waals surface area contributed by atoms with Crippen molar-refractivity contribution in [3.05, 3.63) is 28.8 Å². The number of hydrogen-bond donors (Lipinski definition) is 1. The molecule has 1 saturated carbocycles. The normalized spacial score (nSPS) is 14.8. The maximum Gasteiger partial charge on any atom is 0.159 e. The second-order valence-electron chi connectivity index (χ2n) is 4.38. The summed E-state index contributed by atoms with van der Waals surface area (Å²) < 4.78 is 2.71. The zero-order valence-electron chi connectivity index (χ0n) is 10.1. The van der Waals surface area contributed by atoms with Crippen LogP contribution in [0.25, 0.3) is 5.82 Å². The lowest BCUT2D eigenvalue weighted by Gasteiger charge is -2.08. The van der Waals surface area contributed by atoms with Crippen LogP contribution in [0.2, 0.25) is 0 Å². The van der Waals surface area contributed by atoms with Crippen LogP contribution < -0.4 is 5.32 Å². The van der Waals surface area contributed by atoms with E-state index in [-0.39, 0.29) is 0 Å². The molecule has 1 aliphatic carbocycles. The average Bonchev–Trinajstić information content (AvgIpc) is 3.12. The van der Waals surface area contributed by atoms with Crippen molar-refractivity contribution in [3.8, 4) is 5.82 Å². The molecule has 0 amide bonds. The third kappa shape index (κ3) is 2.38. The standard InChI is InChI=1S/C12H14BrN5/c1-2-14-10-5-11(18-7-9(13)6-15-18)17-12(16-10)8-3-4-8/h5-8H,2-4H2,1H3,(H,14,16,17). The molecule has 6 heteroatoms. The van der Waals surface area contributed by atoms with Gasteiger partial charge < -0.3 is 5.32 Å². The van der Waals surface area contributed by atoms with Crippen LogP contribution in [-0.2, 0) is 0 Å². The predicted molar refractivity (Wildman–Crippen MR) is 73.0 cm³/mol. The molecule has 1 fully saturated rings. The smallest absolute Gasteiger partial charge is 0.159 e. The average molecular weight is 308 g/mol. The summed E-state index contributed by atoms with van der Waals surface area (Å²) in [4.78, 5) is 9.13. The number of nitrogens with one attached hydrogen (secondary N) is 1. The van der Waals surface area contributed by atoms with Crippen LogP contribution in [-0.4, -0.2) is 26.3 Å². The highest BCUT2D eigenvalue weighted by Crippen LogP contribution is 2.38. The Bertz CT molecular complexity index is 561. The Morgan fingerprint density at radius 3 is 2.89 bits per heavy atom. The van der Waals surface area contributed by atoms with Gasteiger partial charge in [0.2, 0.25) is 0 Å². The molecule has 2 heterocycles. The van der Waals surface area contributed by atoms with Gasteiger partial charge in [0.1, 0.15) is 11.6 Å². The molecule has 2 aromatic heterocycles. The molecule has 94 valence electrons. The molecular weight excluding hydrogens is 294 g/mol. The summed E-state index contributed by atoms with van der Waals surface area (Å²) in [7, 11) is 0. The van der Waals surface area contributed by atoms with E-state index in [0.29, 0.717) is 5.92 Å². The minimum atomic E-state index is 0.529. The lowest BCUT2D eigenvalue weighted by Crippen LogP contribution is -2.07. The van der Waals surface area contributed by atoms with E-state index in [4.69, 9.17) is 0 Å². The van der Waals surface area contributed by atoms with Gasteiger partial charge in [0.05, 0.1) is 10.7 Å². The molecule has 2 aromatic rings. The largest absolute Gasteiger partial charge is 0.370 e. The minimum Gasteiger partial charge on any atom is -0.370 e. The van der Waals surface area contributed by atoms with E-state index in [0.717, 1.165) is 28.5 Å². The predicted octanol–water partition coefficient (Wildman–Crippen LogP) is 2.73. The molecule has 0 saturated heterocycles. The molecule has 5 nitrogen and oxygen atoms in total. The molecule has 3 rings (SSSR count). The fraction of sp³-hybridized carbons (Fsp3) is 0.417. The Balaban J connectivity index is 2.01. The van der Waals surface area contributed by atoms with E-state index >= 15 is 0 Å². The van der Waals surface area contributed by atoms with Gasteiger partial charge in [-0.15, -0.1) is 0 Å². The Labute approximate surface area is 114 Å². The first-order chi connectivity index (χ1) is 8.76. The van der Waals surface area contributed by atoms with E-state index in [1.54, 1.807) is 10.9 Å². The maximum atomic E-state index is 4.59. The lowest BCUT2D eigenvalue weighted by molar-refractivity contribution is 0.810. The maximum absolute atomic E-state index is 4.59. The molecule has 1 aliphatic rings. The topological polar surface area (TPSA) is 55.6 Å². The summed E-state index contributed by atoms with van der Waals surface area (Å²) in [6.07, 6.45) is 6.04. The van der Waals surface area contributed by atoms with Crippen LogP contribution in [0.1, 0.15) is 31.5 Å². The Kier molecular flexibility index (Phi) is 3.03. The molecule has 18 heavy (non-hydrogen) atoms. The number of aromatic nitrogens is 4. The highest BCUT2D eigenvalue weighted by molar-refractivity contribution is 9.10. The minimum absolute atomic E-state index is 0.529. The quantitative estimate of drug-likeness (QED) is 0.943.